The Labute approximate surface area is 213 Å². The van der Waals surface area contributed by atoms with Gasteiger partial charge in [-0.3, -0.25) is 9.69 Å². The molecule has 2 aromatic carbocycles. The highest BCUT2D eigenvalue weighted by Crippen LogP contribution is 2.40. The van der Waals surface area contributed by atoms with E-state index in [1.807, 2.05) is 40.7 Å². The van der Waals surface area contributed by atoms with Gasteiger partial charge in [-0.25, -0.2) is 13.2 Å². The first-order chi connectivity index (χ1) is 16.8. The van der Waals surface area contributed by atoms with E-state index in [4.69, 9.17) is 4.74 Å². The van der Waals surface area contributed by atoms with Crippen LogP contribution in [0.15, 0.2) is 47.4 Å². The van der Waals surface area contributed by atoms with Crippen molar-refractivity contribution in [3.63, 3.8) is 0 Å². The number of rotatable bonds is 7. The van der Waals surface area contributed by atoms with Crippen LogP contribution in [0.3, 0.4) is 0 Å². The van der Waals surface area contributed by atoms with Gasteiger partial charge in [-0.2, -0.15) is 0 Å². The Bertz CT molecular complexity index is 1220. The molecule has 0 saturated carbocycles. The topological polar surface area (TPSA) is 113 Å². The van der Waals surface area contributed by atoms with E-state index in [-0.39, 0.29) is 35.1 Å². The number of sulfone groups is 1. The van der Waals surface area contributed by atoms with Gasteiger partial charge in [0.05, 0.1) is 35.9 Å². The number of nitrogens with one attached hydrogen (secondary N) is 1. The Morgan fingerprint density at radius 1 is 1.14 bits per heavy atom. The largest absolute Gasteiger partial charge is 0.444 e. The fourth-order valence-corrected chi connectivity index (χ4v) is 5.27. The molecule has 0 spiro atoms. The summed E-state index contributed by atoms with van der Waals surface area (Å²) in [6.07, 6.45) is -0.391. The van der Waals surface area contributed by atoms with E-state index in [2.05, 4.69) is 5.32 Å². The molecule has 196 valence electrons. The predicted octanol–water partition coefficient (Wildman–Crippen LogP) is 4.39. The fourth-order valence-electron chi connectivity index (χ4n) is 4.39. The molecule has 9 heteroatoms. The van der Waals surface area contributed by atoms with Crippen LogP contribution in [0.1, 0.15) is 80.7 Å². The Morgan fingerprint density at radius 2 is 1.78 bits per heavy atom. The van der Waals surface area contributed by atoms with Crippen LogP contribution < -0.4 is 5.32 Å². The number of ether oxygens (including phenoxy) is 1. The summed E-state index contributed by atoms with van der Waals surface area (Å²) < 4.78 is 29.7. The minimum atomic E-state index is -3.34. The molecule has 0 fully saturated rings. The van der Waals surface area contributed by atoms with Crippen LogP contribution in [0.5, 0.6) is 0 Å². The molecule has 0 aliphatic carbocycles. The van der Waals surface area contributed by atoms with Gasteiger partial charge in [-0.15, -0.1) is 0 Å². The van der Waals surface area contributed by atoms with Crippen LogP contribution >= 0.6 is 0 Å². The van der Waals surface area contributed by atoms with Crippen LogP contribution in [0.2, 0.25) is 0 Å². The summed E-state index contributed by atoms with van der Waals surface area (Å²) in [5, 5.41) is 12.7. The molecule has 1 aliphatic rings. The van der Waals surface area contributed by atoms with Crippen molar-refractivity contribution in [2.24, 2.45) is 5.92 Å². The second-order valence-electron chi connectivity index (χ2n) is 10.4. The summed E-state index contributed by atoms with van der Waals surface area (Å²) in [7, 11) is -3.34. The molecule has 0 aromatic heterocycles. The van der Waals surface area contributed by atoms with Crippen molar-refractivity contribution in [3.05, 3.63) is 64.7 Å². The number of carbonyl (C=O) groups excluding carboxylic acids is 2. The first kappa shape index (κ1) is 27.7. The second-order valence-corrected chi connectivity index (χ2v) is 12.7. The molecule has 0 saturated heterocycles. The van der Waals surface area contributed by atoms with Gasteiger partial charge >= 0.3 is 6.09 Å². The molecule has 2 N–H and O–H groups in total. The molecular formula is C27H36N2O6S. The first-order valence-corrected chi connectivity index (χ1v) is 13.8. The molecule has 2 aromatic rings. The number of benzene rings is 2. The standard InChI is InChI=1S/C27H36N2O6S/c1-7-36(33,34)21-11-8-18(9-12-21)23(16-30)28-25(31)19-10-13-22-20(14-19)15-29(24(22)17(2)3)26(32)35-27(4,5)6/h8-14,17,23-24,30H,7,15-16H2,1-6H3,(H,28,31)/t23-,24+/m0/s1. The van der Waals surface area contributed by atoms with E-state index in [1.165, 1.54) is 12.1 Å². The predicted molar refractivity (Wildman–Crippen MR) is 137 cm³/mol. The average molecular weight is 517 g/mol. The summed E-state index contributed by atoms with van der Waals surface area (Å²) in [5.74, 6) is -0.232. The minimum absolute atomic E-state index is 0.00609. The maximum atomic E-state index is 13.1. The van der Waals surface area contributed by atoms with Crippen molar-refractivity contribution in [2.75, 3.05) is 12.4 Å². The molecule has 1 heterocycles. The zero-order valence-corrected chi connectivity index (χ0v) is 22.6. The normalized spacial score (nSPS) is 16.6. The number of fused-ring (bicyclic) bond motifs is 1. The minimum Gasteiger partial charge on any atom is -0.444 e. The summed E-state index contributed by atoms with van der Waals surface area (Å²) in [6, 6.07) is 10.7. The molecule has 36 heavy (non-hydrogen) atoms. The third-order valence-corrected chi connectivity index (χ3v) is 7.92. The Hall–Kier alpha value is -2.91. The fraction of sp³-hybridized carbons (Fsp3) is 0.481. The van der Waals surface area contributed by atoms with Crippen molar-refractivity contribution < 1.29 is 27.9 Å². The van der Waals surface area contributed by atoms with E-state index >= 15 is 0 Å². The Balaban J connectivity index is 1.80. The zero-order valence-electron chi connectivity index (χ0n) is 21.7. The number of nitrogens with zero attached hydrogens (tertiary/aromatic N) is 1. The van der Waals surface area contributed by atoms with Gasteiger partial charge in [0.2, 0.25) is 0 Å². The van der Waals surface area contributed by atoms with Gasteiger partial charge in [-0.05, 0) is 67.6 Å². The highest BCUT2D eigenvalue weighted by Gasteiger charge is 2.38. The second kappa shape index (κ2) is 10.6. The lowest BCUT2D eigenvalue weighted by Crippen LogP contribution is -2.37. The van der Waals surface area contributed by atoms with E-state index in [0.717, 1.165) is 11.1 Å². The molecule has 8 nitrogen and oxygen atoms in total. The van der Waals surface area contributed by atoms with E-state index in [0.29, 0.717) is 17.7 Å². The average Bonchev–Trinajstić information content (AvgIpc) is 3.21. The highest BCUT2D eigenvalue weighted by molar-refractivity contribution is 7.91. The number of amides is 2. The lowest BCUT2D eigenvalue weighted by atomic mass is 9.94. The van der Waals surface area contributed by atoms with Crippen LogP contribution in [0.25, 0.3) is 0 Å². The maximum Gasteiger partial charge on any atom is 0.411 e. The monoisotopic (exact) mass is 516 g/mol. The van der Waals surface area contributed by atoms with Crippen molar-refractivity contribution in [1.29, 1.82) is 0 Å². The van der Waals surface area contributed by atoms with Gasteiger partial charge < -0.3 is 15.2 Å². The summed E-state index contributed by atoms with van der Waals surface area (Å²) in [6.45, 7) is 11.1. The lowest BCUT2D eigenvalue weighted by Gasteiger charge is -2.30. The molecule has 2 atom stereocenters. The number of hydrogen-bond acceptors (Lipinski definition) is 6. The summed E-state index contributed by atoms with van der Waals surface area (Å²) in [4.78, 5) is 27.8. The highest BCUT2D eigenvalue weighted by atomic mass is 32.2. The van der Waals surface area contributed by atoms with Crippen molar-refractivity contribution in [1.82, 2.24) is 10.2 Å². The molecule has 1 aliphatic heterocycles. The number of carbonyl (C=O) groups is 2. The summed E-state index contributed by atoms with van der Waals surface area (Å²) >= 11 is 0. The molecule has 3 rings (SSSR count). The van der Waals surface area contributed by atoms with E-state index in [1.54, 1.807) is 36.1 Å². The van der Waals surface area contributed by atoms with Gasteiger partial charge in [-0.1, -0.05) is 39.0 Å². The van der Waals surface area contributed by atoms with Gasteiger partial charge in [0.15, 0.2) is 9.84 Å². The number of aliphatic hydroxyl groups excluding tert-OH is 1. The lowest BCUT2D eigenvalue weighted by molar-refractivity contribution is 0.0127. The third kappa shape index (κ3) is 6.07. The smallest absolute Gasteiger partial charge is 0.411 e. The van der Waals surface area contributed by atoms with Gasteiger partial charge in [0, 0.05) is 5.56 Å². The van der Waals surface area contributed by atoms with Crippen molar-refractivity contribution in [2.45, 2.75) is 70.7 Å². The van der Waals surface area contributed by atoms with Crippen molar-refractivity contribution in [3.8, 4) is 0 Å². The molecule has 0 radical (unpaired) electrons. The summed E-state index contributed by atoms with van der Waals surface area (Å²) in [5.41, 5.74) is 2.25. The molecule has 0 unspecified atom stereocenters. The van der Waals surface area contributed by atoms with Gasteiger partial charge in [0.1, 0.15) is 5.60 Å². The molecule has 0 bridgehead atoms. The first-order valence-electron chi connectivity index (χ1n) is 12.1. The SMILES string of the molecule is CCS(=O)(=O)c1ccc([C@H](CO)NC(=O)c2ccc3c(c2)CN(C(=O)OC(C)(C)C)[C@@H]3C(C)C)cc1. The van der Waals surface area contributed by atoms with Crippen LogP contribution in [0, 0.1) is 5.92 Å². The number of aliphatic hydroxyl groups is 1. The quantitative estimate of drug-likeness (QED) is 0.564. The maximum absolute atomic E-state index is 13.1. The Morgan fingerprint density at radius 3 is 2.31 bits per heavy atom. The third-order valence-electron chi connectivity index (χ3n) is 6.17. The van der Waals surface area contributed by atoms with Crippen molar-refractivity contribution >= 4 is 21.8 Å². The van der Waals surface area contributed by atoms with Gasteiger partial charge in [0.25, 0.3) is 5.91 Å². The zero-order chi connectivity index (χ0) is 26.8. The van der Waals surface area contributed by atoms with Crippen LogP contribution in [-0.2, 0) is 21.1 Å². The Kier molecular flexibility index (Phi) is 8.15. The number of hydrogen-bond donors (Lipinski definition) is 2. The van der Waals surface area contributed by atoms with E-state index < -0.39 is 27.6 Å². The van der Waals surface area contributed by atoms with Crippen LogP contribution in [0.4, 0.5) is 4.79 Å². The molecule has 2 amide bonds. The molecular weight excluding hydrogens is 480 g/mol. The van der Waals surface area contributed by atoms with Crippen LogP contribution in [-0.4, -0.2) is 48.4 Å². The van der Waals surface area contributed by atoms with E-state index in [9.17, 15) is 23.1 Å².